The second-order valence-corrected chi connectivity index (χ2v) is 8.88. The highest BCUT2D eigenvalue weighted by molar-refractivity contribution is 5.93. The van der Waals surface area contributed by atoms with E-state index in [9.17, 15) is 4.79 Å². The van der Waals surface area contributed by atoms with Gasteiger partial charge in [0.1, 0.15) is 11.3 Å². The van der Waals surface area contributed by atoms with Gasteiger partial charge in [-0.3, -0.25) is 9.69 Å². The Morgan fingerprint density at radius 1 is 0.968 bits per heavy atom. The number of rotatable bonds is 3. The Bertz CT molecular complexity index is 1080. The molecule has 0 N–H and O–H groups in total. The van der Waals surface area contributed by atoms with Gasteiger partial charge in [0.15, 0.2) is 0 Å². The van der Waals surface area contributed by atoms with E-state index >= 15 is 0 Å². The number of piperidine rings is 1. The number of pyridine rings is 1. The molecule has 0 unspecified atom stereocenters. The molecule has 4 heterocycles. The smallest absolute Gasteiger partial charge is 0.274 e. The quantitative estimate of drug-likeness (QED) is 0.655. The van der Waals surface area contributed by atoms with Crippen molar-refractivity contribution in [3.8, 4) is 0 Å². The summed E-state index contributed by atoms with van der Waals surface area (Å²) < 4.78 is 2.00. The van der Waals surface area contributed by atoms with Gasteiger partial charge in [-0.1, -0.05) is 24.3 Å². The number of carbonyl (C=O) groups is 1. The highest BCUT2D eigenvalue weighted by Crippen LogP contribution is 2.24. The average molecular weight is 418 g/mol. The van der Waals surface area contributed by atoms with E-state index in [2.05, 4.69) is 46.0 Å². The van der Waals surface area contributed by atoms with Crippen LogP contribution in [-0.4, -0.2) is 70.4 Å². The minimum absolute atomic E-state index is 0.0614. The molecule has 6 nitrogen and oxygen atoms in total. The molecule has 162 valence electrons. The number of piperazine rings is 1. The summed E-state index contributed by atoms with van der Waals surface area (Å²) in [5.74, 6) is 0.0614. The molecule has 31 heavy (non-hydrogen) atoms. The fraction of sp³-hybridized carbons (Fsp3) is 0.440. The molecule has 3 aromatic rings. The van der Waals surface area contributed by atoms with Crippen LogP contribution in [0.3, 0.4) is 0 Å². The van der Waals surface area contributed by atoms with Crippen molar-refractivity contribution in [2.75, 3.05) is 44.2 Å². The fourth-order valence-corrected chi connectivity index (χ4v) is 5.10. The van der Waals surface area contributed by atoms with E-state index in [1.165, 1.54) is 17.7 Å². The third-order valence-electron chi connectivity index (χ3n) is 6.89. The molecule has 0 saturated carbocycles. The zero-order valence-corrected chi connectivity index (χ0v) is 18.5. The average Bonchev–Trinajstić information content (AvgIpc) is 3.25. The van der Waals surface area contributed by atoms with Crippen molar-refractivity contribution in [3.05, 3.63) is 65.6 Å². The molecule has 0 radical (unpaired) electrons. The van der Waals surface area contributed by atoms with Crippen LogP contribution in [-0.2, 0) is 0 Å². The number of hydrogen-bond acceptors (Lipinski definition) is 4. The number of amides is 1. The molecule has 2 aliphatic rings. The Morgan fingerprint density at radius 3 is 2.55 bits per heavy atom. The van der Waals surface area contributed by atoms with Crippen LogP contribution >= 0.6 is 0 Å². The molecule has 2 aliphatic heterocycles. The van der Waals surface area contributed by atoms with Gasteiger partial charge >= 0.3 is 0 Å². The van der Waals surface area contributed by atoms with Gasteiger partial charge in [-0.05, 0) is 50.5 Å². The molecule has 0 spiro atoms. The van der Waals surface area contributed by atoms with Crippen molar-refractivity contribution in [1.29, 1.82) is 0 Å². The highest BCUT2D eigenvalue weighted by Gasteiger charge is 2.31. The Labute approximate surface area is 184 Å². The molecule has 2 aromatic heterocycles. The number of aromatic nitrogens is 2. The molecule has 2 saturated heterocycles. The standard InChI is InChI=1S/C25H31N5O/c1-19-7-3-4-10-23(19)28-15-13-27(14-16-28)21-9-6-12-29(17-21)25(31)22-18-30-20(2)8-5-11-24(30)26-22/h3-5,7-8,10-11,18,21H,6,9,12-17H2,1-2H3/t21-/m0/s1. The van der Waals surface area contributed by atoms with Crippen LogP contribution < -0.4 is 4.90 Å². The van der Waals surface area contributed by atoms with E-state index in [-0.39, 0.29) is 5.91 Å². The van der Waals surface area contributed by atoms with Gasteiger partial charge in [-0.25, -0.2) is 4.98 Å². The van der Waals surface area contributed by atoms with Crippen LogP contribution in [0.1, 0.15) is 34.6 Å². The summed E-state index contributed by atoms with van der Waals surface area (Å²) in [4.78, 5) is 24.9. The van der Waals surface area contributed by atoms with E-state index in [0.717, 1.165) is 57.0 Å². The topological polar surface area (TPSA) is 44.1 Å². The SMILES string of the molecule is Cc1ccccc1N1CCN([C@H]2CCCN(C(=O)c3cn4c(C)cccc4n3)C2)CC1. The zero-order valence-electron chi connectivity index (χ0n) is 18.5. The lowest BCUT2D eigenvalue weighted by Crippen LogP contribution is -2.56. The molecular formula is C25H31N5O. The van der Waals surface area contributed by atoms with Crippen molar-refractivity contribution < 1.29 is 4.79 Å². The third-order valence-corrected chi connectivity index (χ3v) is 6.89. The Hall–Kier alpha value is -2.86. The maximum Gasteiger partial charge on any atom is 0.274 e. The minimum Gasteiger partial charge on any atom is -0.369 e. The maximum absolute atomic E-state index is 13.2. The Morgan fingerprint density at radius 2 is 1.77 bits per heavy atom. The van der Waals surface area contributed by atoms with Crippen LogP contribution in [0, 0.1) is 13.8 Å². The number of fused-ring (bicyclic) bond motifs is 1. The van der Waals surface area contributed by atoms with Crippen LogP contribution in [0.25, 0.3) is 5.65 Å². The second-order valence-electron chi connectivity index (χ2n) is 8.88. The van der Waals surface area contributed by atoms with Crippen molar-refractivity contribution in [1.82, 2.24) is 19.2 Å². The summed E-state index contributed by atoms with van der Waals surface area (Å²) in [6, 6.07) is 15.1. The number of hydrogen-bond donors (Lipinski definition) is 0. The number of carbonyl (C=O) groups excluding carboxylic acids is 1. The van der Waals surface area contributed by atoms with Gasteiger partial charge in [-0.2, -0.15) is 0 Å². The lowest BCUT2D eigenvalue weighted by atomic mass is 10.0. The largest absolute Gasteiger partial charge is 0.369 e. The molecule has 6 heteroatoms. The zero-order chi connectivity index (χ0) is 21.4. The number of para-hydroxylation sites is 1. The number of aryl methyl sites for hydroxylation is 2. The lowest BCUT2D eigenvalue weighted by Gasteiger charge is -2.44. The number of imidazole rings is 1. The summed E-state index contributed by atoms with van der Waals surface area (Å²) in [5, 5.41) is 0. The first-order valence-corrected chi connectivity index (χ1v) is 11.4. The van der Waals surface area contributed by atoms with Crippen molar-refractivity contribution >= 4 is 17.2 Å². The van der Waals surface area contributed by atoms with Gasteiger partial charge in [-0.15, -0.1) is 0 Å². The van der Waals surface area contributed by atoms with Crippen LogP contribution in [0.15, 0.2) is 48.7 Å². The first kappa shape index (κ1) is 20.1. The van der Waals surface area contributed by atoms with E-state index in [0.29, 0.717) is 11.7 Å². The van der Waals surface area contributed by atoms with Crippen molar-refractivity contribution in [2.45, 2.75) is 32.7 Å². The Balaban J connectivity index is 1.24. The van der Waals surface area contributed by atoms with Crippen LogP contribution in [0.2, 0.25) is 0 Å². The molecule has 2 fully saturated rings. The first-order valence-electron chi connectivity index (χ1n) is 11.4. The summed E-state index contributed by atoms with van der Waals surface area (Å²) in [5.41, 5.74) is 5.17. The van der Waals surface area contributed by atoms with Gasteiger partial charge in [0.05, 0.1) is 0 Å². The summed E-state index contributed by atoms with van der Waals surface area (Å²) in [6.45, 7) is 10.0. The number of anilines is 1. The Kier molecular flexibility index (Phi) is 5.40. The number of likely N-dealkylation sites (tertiary alicyclic amines) is 1. The summed E-state index contributed by atoms with van der Waals surface area (Å²) in [6.07, 6.45) is 4.11. The van der Waals surface area contributed by atoms with Crippen LogP contribution in [0.4, 0.5) is 5.69 Å². The van der Waals surface area contributed by atoms with Crippen molar-refractivity contribution in [2.24, 2.45) is 0 Å². The molecule has 1 atom stereocenters. The first-order chi connectivity index (χ1) is 15.1. The van der Waals surface area contributed by atoms with Gasteiger partial charge < -0.3 is 14.2 Å². The predicted octanol–water partition coefficient (Wildman–Crippen LogP) is 3.38. The molecular weight excluding hydrogens is 386 g/mol. The van der Waals surface area contributed by atoms with Crippen molar-refractivity contribution in [3.63, 3.8) is 0 Å². The summed E-state index contributed by atoms with van der Waals surface area (Å²) >= 11 is 0. The third kappa shape index (κ3) is 3.92. The highest BCUT2D eigenvalue weighted by atomic mass is 16.2. The normalized spacial score (nSPS) is 20.4. The van der Waals surface area contributed by atoms with Gasteiger partial charge in [0, 0.05) is 62.9 Å². The van der Waals surface area contributed by atoms with E-state index in [4.69, 9.17) is 0 Å². The van der Waals surface area contributed by atoms with Gasteiger partial charge in [0.25, 0.3) is 5.91 Å². The minimum atomic E-state index is 0.0614. The molecule has 1 amide bonds. The monoisotopic (exact) mass is 417 g/mol. The molecule has 0 bridgehead atoms. The molecule has 5 rings (SSSR count). The van der Waals surface area contributed by atoms with E-state index in [1.807, 2.05) is 40.6 Å². The predicted molar refractivity (Wildman–Crippen MR) is 124 cm³/mol. The molecule has 1 aromatic carbocycles. The number of nitrogens with zero attached hydrogens (tertiary/aromatic N) is 5. The lowest BCUT2D eigenvalue weighted by molar-refractivity contribution is 0.0559. The maximum atomic E-state index is 13.2. The van der Waals surface area contributed by atoms with E-state index < -0.39 is 0 Å². The fourth-order valence-electron chi connectivity index (χ4n) is 5.10. The second kappa shape index (κ2) is 8.35. The number of benzene rings is 1. The molecule has 0 aliphatic carbocycles. The van der Waals surface area contributed by atoms with Crippen LogP contribution in [0.5, 0.6) is 0 Å². The van der Waals surface area contributed by atoms with E-state index in [1.54, 1.807) is 0 Å². The summed E-state index contributed by atoms with van der Waals surface area (Å²) in [7, 11) is 0. The van der Waals surface area contributed by atoms with Gasteiger partial charge in [0.2, 0.25) is 0 Å².